The first kappa shape index (κ1) is 12.3. The molecule has 0 aliphatic heterocycles. The second-order valence-electron chi connectivity index (χ2n) is 3.10. The molecule has 0 saturated heterocycles. The predicted octanol–water partition coefficient (Wildman–Crippen LogP) is 1.61. The third kappa shape index (κ3) is 3.43. The summed E-state index contributed by atoms with van der Waals surface area (Å²) in [4.78, 5) is 11.3. The molecule has 1 rings (SSSR count). The first-order valence-electron chi connectivity index (χ1n) is 4.49. The third-order valence-electron chi connectivity index (χ3n) is 1.79. The number of carbonyl (C=O) groups is 1. The highest BCUT2D eigenvalue weighted by Crippen LogP contribution is 2.27. The van der Waals surface area contributed by atoms with Crippen molar-refractivity contribution in [3.05, 3.63) is 23.2 Å². The first-order valence-corrected chi connectivity index (χ1v) is 4.87. The van der Waals surface area contributed by atoms with Crippen molar-refractivity contribution in [2.24, 2.45) is 5.73 Å². The molecule has 1 aromatic rings. The van der Waals surface area contributed by atoms with Gasteiger partial charge in [0.25, 0.3) is 0 Å². The number of methoxy groups -OCH3 is 1. The molecule has 16 heavy (non-hydrogen) atoms. The Bertz CT molecular complexity index is 421. The number of rotatable bonds is 4. The number of amides is 1. The number of ether oxygens (including phenoxy) is 1. The van der Waals surface area contributed by atoms with Crippen LogP contribution in [0.15, 0.2) is 18.2 Å². The van der Waals surface area contributed by atoms with Gasteiger partial charge in [-0.1, -0.05) is 11.6 Å². The molecule has 86 valence electrons. The summed E-state index contributed by atoms with van der Waals surface area (Å²) in [6, 6.07) is 4.87. The Hall–Kier alpha value is -1.75. The van der Waals surface area contributed by atoms with Crippen molar-refractivity contribution in [3.8, 4) is 5.75 Å². The topological polar surface area (TPSA) is 88.2 Å². The lowest BCUT2D eigenvalue weighted by Gasteiger charge is -2.07. The van der Waals surface area contributed by atoms with Gasteiger partial charge >= 0.3 is 0 Å². The van der Waals surface area contributed by atoms with Gasteiger partial charge in [-0.2, -0.15) is 0 Å². The predicted molar refractivity (Wildman–Crippen MR) is 63.2 cm³/mol. The van der Waals surface area contributed by atoms with E-state index >= 15 is 0 Å². The van der Waals surface area contributed by atoms with Crippen LogP contribution < -0.4 is 15.8 Å². The molecule has 0 aromatic heterocycles. The van der Waals surface area contributed by atoms with Crippen LogP contribution in [0, 0.1) is 5.41 Å². The fraction of sp³-hybridized carbons (Fsp3) is 0.200. The SMILES string of the molecule is COc1ccc(NC(=O)CC(=N)N)cc1Cl. The average Bonchev–Trinajstić information content (AvgIpc) is 2.16. The zero-order valence-corrected chi connectivity index (χ0v) is 9.47. The second-order valence-corrected chi connectivity index (χ2v) is 3.51. The van der Waals surface area contributed by atoms with Gasteiger partial charge in [-0.3, -0.25) is 10.2 Å². The van der Waals surface area contributed by atoms with Gasteiger partial charge in [0, 0.05) is 5.69 Å². The molecule has 1 amide bonds. The van der Waals surface area contributed by atoms with E-state index in [1.165, 1.54) is 7.11 Å². The van der Waals surface area contributed by atoms with E-state index in [2.05, 4.69) is 5.32 Å². The fourth-order valence-electron chi connectivity index (χ4n) is 1.12. The van der Waals surface area contributed by atoms with Crippen LogP contribution in [-0.2, 0) is 4.79 Å². The molecule has 0 unspecified atom stereocenters. The molecule has 4 N–H and O–H groups in total. The molecular weight excluding hydrogens is 230 g/mol. The summed E-state index contributed by atoms with van der Waals surface area (Å²) in [5.41, 5.74) is 5.64. The number of hydrogen-bond donors (Lipinski definition) is 3. The maximum absolute atomic E-state index is 11.3. The zero-order chi connectivity index (χ0) is 12.1. The average molecular weight is 242 g/mol. The number of nitrogens with two attached hydrogens (primary N) is 1. The summed E-state index contributed by atoms with van der Waals surface area (Å²) in [7, 11) is 1.51. The lowest BCUT2D eigenvalue weighted by atomic mass is 10.3. The molecule has 0 radical (unpaired) electrons. The summed E-state index contributed by atoms with van der Waals surface area (Å²) < 4.78 is 4.97. The maximum Gasteiger partial charge on any atom is 0.231 e. The second kappa shape index (κ2) is 5.37. The minimum Gasteiger partial charge on any atom is -0.495 e. The minimum absolute atomic E-state index is 0.135. The van der Waals surface area contributed by atoms with Crippen LogP contribution >= 0.6 is 11.6 Å². The molecule has 0 atom stereocenters. The van der Waals surface area contributed by atoms with E-state index in [0.29, 0.717) is 16.5 Å². The number of nitrogens with one attached hydrogen (secondary N) is 2. The van der Waals surface area contributed by atoms with Crippen LogP contribution in [0.3, 0.4) is 0 Å². The van der Waals surface area contributed by atoms with E-state index < -0.39 is 0 Å². The highest BCUT2D eigenvalue weighted by Gasteiger charge is 2.06. The Morgan fingerprint density at radius 1 is 1.62 bits per heavy atom. The lowest BCUT2D eigenvalue weighted by Crippen LogP contribution is -2.20. The summed E-state index contributed by atoms with van der Waals surface area (Å²) >= 11 is 5.88. The number of anilines is 1. The van der Waals surface area contributed by atoms with Crippen molar-refractivity contribution in [3.63, 3.8) is 0 Å². The molecule has 0 aliphatic carbocycles. The fourth-order valence-corrected chi connectivity index (χ4v) is 1.38. The number of hydrogen-bond acceptors (Lipinski definition) is 3. The maximum atomic E-state index is 11.3. The van der Waals surface area contributed by atoms with Crippen LogP contribution in [0.1, 0.15) is 6.42 Å². The van der Waals surface area contributed by atoms with Crippen molar-refractivity contribution in [2.75, 3.05) is 12.4 Å². The standard InChI is InChI=1S/C10H12ClN3O2/c1-16-8-3-2-6(4-7(8)11)14-10(15)5-9(12)13/h2-4H,5H2,1H3,(H3,12,13)(H,14,15). The molecule has 0 saturated carbocycles. The number of benzene rings is 1. The summed E-state index contributed by atoms with van der Waals surface area (Å²) in [6.07, 6.45) is -0.135. The van der Waals surface area contributed by atoms with Gasteiger partial charge in [-0.15, -0.1) is 0 Å². The normalized spacial score (nSPS) is 9.62. The van der Waals surface area contributed by atoms with Gasteiger partial charge in [0.2, 0.25) is 5.91 Å². The molecule has 0 aliphatic rings. The van der Waals surface area contributed by atoms with Crippen molar-refractivity contribution in [1.82, 2.24) is 0 Å². The Kier molecular flexibility index (Phi) is 4.13. The van der Waals surface area contributed by atoms with Crippen molar-refractivity contribution in [2.45, 2.75) is 6.42 Å². The highest BCUT2D eigenvalue weighted by molar-refractivity contribution is 6.32. The van der Waals surface area contributed by atoms with E-state index in [4.69, 9.17) is 27.5 Å². The van der Waals surface area contributed by atoms with E-state index in [1.54, 1.807) is 18.2 Å². The van der Waals surface area contributed by atoms with Gasteiger partial charge in [-0.25, -0.2) is 0 Å². The Labute approximate surface area is 98.0 Å². The Morgan fingerprint density at radius 2 is 2.31 bits per heavy atom. The smallest absolute Gasteiger partial charge is 0.231 e. The van der Waals surface area contributed by atoms with Crippen LogP contribution in [-0.4, -0.2) is 18.9 Å². The largest absolute Gasteiger partial charge is 0.495 e. The van der Waals surface area contributed by atoms with Gasteiger partial charge in [0.1, 0.15) is 11.6 Å². The molecule has 0 bridgehead atoms. The van der Waals surface area contributed by atoms with E-state index in [0.717, 1.165) is 0 Å². The minimum atomic E-state index is -0.353. The molecule has 1 aromatic carbocycles. The third-order valence-corrected chi connectivity index (χ3v) is 2.08. The van der Waals surface area contributed by atoms with Crippen molar-refractivity contribution < 1.29 is 9.53 Å². The van der Waals surface area contributed by atoms with Gasteiger partial charge in [0.15, 0.2) is 0 Å². The summed E-state index contributed by atoms with van der Waals surface area (Å²) in [5.74, 6) is -0.00271. The first-order chi connectivity index (χ1) is 7.52. The van der Waals surface area contributed by atoms with Crippen LogP contribution in [0.4, 0.5) is 5.69 Å². The number of halogens is 1. The molecule has 6 heteroatoms. The number of amidine groups is 1. The highest BCUT2D eigenvalue weighted by atomic mass is 35.5. The van der Waals surface area contributed by atoms with Crippen LogP contribution in [0.5, 0.6) is 5.75 Å². The molecular formula is C10H12ClN3O2. The van der Waals surface area contributed by atoms with Crippen LogP contribution in [0.25, 0.3) is 0 Å². The van der Waals surface area contributed by atoms with E-state index in [-0.39, 0.29) is 18.2 Å². The van der Waals surface area contributed by atoms with Gasteiger partial charge < -0.3 is 15.8 Å². The van der Waals surface area contributed by atoms with Gasteiger partial charge in [0.05, 0.1) is 18.6 Å². The van der Waals surface area contributed by atoms with Gasteiger partial charge in [-0.05, 0) is 18.2 Å². The number of carbonyl (C=O) groups excluding carboxylic acids is 1. The lowest BCUT2D eigenvalue weighted by molar-refractivity contribution is -0.115. The zero-order valence-electron chi connectivity index (χ0n) is 8.71. The van der Waals surface area contributed by atoms with Crippen molar-refractivity contribution >= 4 is 29.0 Å². The summed E-state index contributed by atoms with van der Waals surface area (Å²) in [6.45, 7) is 0. The summed E-state index contributed by atoms with van der Waals surface area (Å²) in [5, 5.41) is 9.94. The van der Waals surface area contributed by atoms with E-state index in [1.807, 2.05) is 0 Å². The monoisotopic (exact) mass is 241 g/mol. The van der Waals surface area contributed by atoms with Crippen molar-refractivity contribution in [1.29, 1.82) is 5.41 Å². The Balaban J connectivity index is 2.71. The Morgan fingerprint density at radius 3 is 2.81 bits per heavy atom. The molecule has 0 heterocycles. The quantitative estimate of drug-likeness (QED) is 0.553. The molecule has 0 spiro atoms. The van der Waals surface area contributed by atoms with Crippen LogP contribution in [0.2, 0.25) is 5.02 Å². The molecule has 0 fully saturated rings. The molecule has 5 nitrogen and oxygen atoms in total. The van der Waals surface area contributed by atoms with E-state index in [9.17, 15) is 4.79 Å².